The van der Waals surface area contributed by atoms with E-state index in [4.69, 9.17) is 4.74 Å². The number of hydrogen-bond acceptors (Lipinski definition) is 3. The first kappa shape index (κ1) is 13.0. The molecule has 1 fully saturated rings. The summed E-state index contributed by atoms with van der Waals surface area (Å²) in [4.78, 5) is 24.5. The Morgan fingerprint density at radius 1 is 1.44 bits per heavy atom. The van der Waals surface area contributed by atoms with Gasteiger partial charge >= 0.3 is 11.8 Å². The first-order valence-electron chi connectivity index (χ1n) is 5.48. The van der Waals surface area contributed by atoms with Crippen molar-refractivity contribution >= 4 is 11.8 Å². The van der Waals surface area contributed by atoms with E-state index in [0.29, 0.717) is 19.8 Å². The maximum Gasteiger partial charge on any atom is 0.311 e. The summed E-state index contributed by atoms with van der Waals surface area (Å²) >= 11 is 0. The fourth-order valence-corrected chi connectivity index (χ4v) is 1.32. The molecule has 1 heterocycles. The van der Waals surface area contributed by atoms with Crippen molar-refractivity contribution in [1.29, 1.82) is 0 Å². The van der Waals surface area contributed by atoms with Crippen LogP contribution in [-0.4, -0.2) is 49.6 Å². The van der Waals surface area contributed by atoms with Gasteiger partial charge in [0.15, 0.2) is 0 Å². The maximum absolute atomic E-state index is 11.6. The van der Waals surface area contributed by atoms with Crippen molar-refractivity contribution in [1.82, 2.24) is 10.2 Å². The van der Waals surface area contributed by atoms with E-state index >= 15 is 0 Å². The third-order valence-electron chi connectivity index (χ3n) is 2.87. The van der Waals surface area contributed by atoms with Crippen LogP contribution in [0, 0.1) is 5.41 Å². The van der Waals surface area contributed by atoms with Crippen LogP contribution in [0.2, 0.25) is 0 Å². The summed E-state index contributed by atoms with van der Waals surface area (Å²) in [6.07, 6.45) is 0. The van der Waals surface area contributed by atoms with Gasteiger partial charge in [0.25, 0.3) is 0 Å². The van der Waals surface area contributed by atoms with Gasteiger partial charge in [0.2, 0.25) is 0 Å². The molecule has 1 rings (SSSR count). The topological polar surface area (TPSA) is 58.6 Å². The summed E-state index contributed by atoms with van der Waals surface area (Å²) in [7, 11) is 1.63. The summed E-state index contributed by atoms with van der Waals surface area (Å²) in [5.74, 6) is -1.02. The van der Waals surface area contributed by atoms with Crippen LogP contribution in [0.4, 0.5) is 0 Å². The highest BCUT2D eigenvalue weighted by molar-refractivity contribution is 6.35. The molecule has 0 unspecified atom stereocenters. The van der Waals surface area contributed by atoms with Crippen molar-refractivity contribution in [2.45, 2.75) is 26.8 Å². The quantitative estimate of drug-likeness (QED) is 0.692. The number of carbonyl (C=O) groups excluding carboxylic acids is 2. The Hall–Kier alpha value is -1.10. The zero-order valence-electron chi connectivity index (χ0n) is 10.4. The van der Waals surface area contributed by atoms with Gasteiger partial charge in [-0.1, -0.05) is 6.92 Å². The third-order valence-corrected chi connectivity index (χ3v) is 2.87. The maximum atomic E-state index is 11.6. The number of nitrogens with zero attached hydrogens (tertiary/aromatic N) is 1. The fourth-order valence-electron chi connectivity index (χ4n) is 1.32. The third kappa shape index (κ3) is 2.95. The van der Waals surface area contributed by atoms with Crippen LogP contribution in [0.1, 0.15) is 20.8 Å². The first-order chi connectivity index (χ1) is 7.36. The molecule has 5 heteroatoms. The molecule has 0 aliphatic carbocycles. The first-order valence-corrected chi connectivity index (χ1v) is 5.48. The lowest BCUT2D eigenvalue weighted by Crippen LogP contribution is -2.52. The number of amides is 2. The summed E-state index contributed by atoms with van der Waals surface area (Å²) < 4.78 is 5.07. The molecular weight excluding hydrogens is 208 g/mol. The lowest BCUT2D eigenvalue weighted by Gasteiger charge is -2.38. The zero-order valence-corrected chi connectivity index (χ0v) is 10.4. The highest BCUT2D eigenvalue weighted by Gasteiger charge is 2.34. The van der Waals surface area contributed by atoms with Gasteiger partial charge < -0.3 is 15.0 Å². The summed E-state index contributed by atoms with van der Waals surface area (Å²) in [6.45, 7) is 7.53. The fraction of sp³-hybridized carbons (Fsp3) is 0.818. The molecule has 1 N–H and O–H groups in total. The number of likely N-dealkylation sites (N-methyl/N-ethyl adjacent to an activating group) is 1. The molecule has 1 aliphatic rings. The van der Waals surface area contributed by atoms with Gasteiger partial charge in [-0.3, -0.25) is 9.59 Å². The molecule has 1 aliphatic heterocycles. The van der Waals surface area contributed by atoms with Crippen molar-refractivity contribution in [3.8, 4) is 0 Å². The molecule has 0 saturated carbocycles. The van der Waals surface area contributed by atoms with Gasteiger partial charge in [0.05, 0.1) is 13.2 Å². The van der Waals surface area contributed by atoms with Gasteiger partial charge in [-0.15, -0.1) is 0 Å². The van der Waals surface area contributed by atoms with E-state index in [-0.39, 0.29) is 11.5 Å². The molecule has 0 spiro atoms. The normalized spacial score (nSPS) is 17.8. The van der Waals surface area contributed by atoms with E-state index in [1.165, 1.54) is 4.90 Å². The summed E-state index contributed by atoms with van der Waals surface area (Å²) in [5.41, 5.74) is -0.00760. The van der Waals surface area contributed by atoms with Crippen LogP contribution in [0.25, 0.3) is 0 Å². The van der Waals surface area contributed by atoms with Crippen LogP contribution < -0.4 is 5.32 Å². The lowest BCUT2D eigenvalue weighted by molar-refractivity contribution is -0.147. The van der Waals surface area contributed by atoms with Crippen LogP contribution in [-0.2, 0) is 14.3 Å². The molecule has 1 saturated heterocycles. The SMILES string of the molecule is CC(C)N(C)C(=O)C(=O)NCC1(C)COC1. The van der Waals surface area contributed by atoms with E-state index in [1.54, 1.807) is 7.05 Å². The van der Waals surface area contributed by atoms with Gasteiger partial charge in [0.1, 0.15) is 0 Å². The minimum absolute atomic E-state index is 0.00760. The smallest absolute Gasteiger partial charge is 0.311 e. The summed E-state index contributed by atoms with van der Waals surface area (Å²) in [6, 6.07) is 0.0286. The van der Waals surface area contributed by atoms with Crippen LogP contribution in [0.15, 0.2) is 0 Å². The van der Waals surface area contributed by atoms with Gasteiger partial charge in [-0.2, -0.15) is 0 Å². The van der Waals surface area contributed by atoms with E-state index in [2.05, 4.69) is 5.32 Å². The molecule has 0 radical (unpaired) electrons. The second-order valence-corrected chi connectivity index (χ2v) is 5.00. The Morgan fingerprint density at radius 2 is 2.00 bits per heavy atom. The number of rotatable bonds is 3. The largest absolute Gasteiger partial charge is 0.380 e. The predicted octanol–water partition coefficient (Wildman–Crippen LogP) is 0.00590. The van der Waals surface area contributed by atoms with E-state index < -0.39 is 11.8 Å². The van der Waals surface area contributed by atoms with Gasteiger partial charge in [0, 0.05) is 25.0 Å². The number of carbonyl (C=O) groups is 2. The number of hydrogen-bond donors (Lipinski definition) is 1. The second-order valence-electron chi connectivity index (χ2n) is 5.00. The Bertz CT molecular complexity index is 285. The summed E-state index contributed by atoms with van der Waals surface area (Å²) in [5, 5.41) is 2.65. The Kier molecular flexibility index (Phi) is 3.91. The van der Waals surface area contributed by atoms with Crippen molar-refractivity contribution in [2.24, 2.45) is 5.41 Å². The van der Waals surface area contributed by atoms with Crippen LogP contribution in [0.5, 0.6) is 0 Å². The zero-order chi connectivity index (χ0) is 12.3. The van der Waals surface area contributed by atoms with Crippen molar-refractivity contribution in [3.63, 3.8) is 0 Å². The lowest BCUT2D eigenvalue weighted by atomic mass is 9.89. The monoisotopic (exact) mass is 228 g/mol. The second kappa shape index (κ2) is 4.82. The van der Waals surface area contributed by atoms with E-state index in [1.807, 2.05) is 20.8 Å². The highest BCUT2D eigenvalue weighted by atomic mass is 16.5. The average molecular weight is 228 g/mol. The molecule has 0 bridgehead atoms. The van der Waals surface area contributed by atoms with E-state index in [0.717, 1.165) is 0 Å². The number of nitrogens with one attached hydrogen (secondary N) is 1. The minimum Gasteiger partial charge on any atom is -0.380 e. The molecule has 2 amide bonds. The average Bonchev–Trinajstić information content (AvgIpc) is 2.20. The van der Waals surface area contributed by atoms with Gasteiger partial charge in [-0.25, -0.2) is 0 Å². The molecule has 5 nitrogen and oxygen atoms in total. The van der Waals surface area contributed by atoms with Gasteiger partial charge in [-0.05, 0) is 13.8 Å². The molecule has 92 valence electrons. The minimum atomic E-state index is -0.538. The predicted molar refractivity (Wildman–Crippen MR) is 59.8 cm³/mol. The van der Waals surface area contributed by atoms with Crippen molar-refractivity contribution in [2.75, 3.05) is 26.8 Å². The van der Waals surface area contributed by atoms with Crippen molar-refractivity contribution in [3.05, 3.63) is 0 Å². The standard InChI is InChI=1S/C11H20N2O3/c1-8(2)13(4)10(15)9(14)12-5-11(3)6-16-7-11/h8H,5-7H2,1-4H3,(H,12,14). The molecule has 0 aromatic heterocycles. The molecule has 0 atom stereocenters. The Labute approximate surface area is 96.1 Å². The highest BCUT2D eigenvalue weighted by Crippen LogP contribution is 2.24. The van der Waals surface area contributed by atoms with Crippen molar-refractivity contribution < 1.29 is 14.3 Å². The molecular formula is C11H20N2O3. The molecule has 16 heavy (non-hydrogen) atoms. The Morgan fingerprint density at radius 3 is 2.38 bits per heavy atom. The number of ether oxygens (including phenoxy) is 1. The Balaban J connectivity index is 2.37. The van der Waals surface area contributed by atoms with Crippen LogP contribution in [0.3, 0.4) is 0 Å². The molecule has 0 aromatic rings. The van der Waals surface area contributed by atoms with Crippen LogP contribution >= 0.6 is 0 Å². The van der Waals surface area contributed by atoms with E-state index in [9.17, 15) is 9.59 Å². The molecule has 0 aromatic carbocycles.